The number of benzene rings is 2. The third kappa shape index (κ3) is 2.39. The monoisotopic (exact) mass is 324 g/mol. The molecule has 0 saturated heterocycles. The van der Waals surface area contributed by atoms with Gasteiger partial charge >= 0.3 is 0 Å². The molecule has 0 fully saturated rings. The molecule has 1 unspecified atom stereocenters. The number of hydrogen-bond donors (Lipinski definition) is 0. The van der Waals surface area contributed by atoms with Gasteiger partial charge in [-0.15, -0.1) is 11.6 Å². The summed E-state index contributed by atoms with van der Waals surface area (Å²) in [6, 6.07) is 13.2. The van der Waals surface area contributed by atoms with Crippen LogP contribution in [0, 0.1) is 0 Å². The number of halogens is 3. The highest BCUT2D eigenvalue weighted by atomic mass is 35.5. The van der Waals surface area contributed by atoms with Crippen LogP contribution in [0.15, 0.2) is 42.5 Å². The molecular weight excluding hydrogens is 315 g/mol. The molecule has 2 aromatic carbocycles. The molecule has 0 bridgehead atoms. The largest absolute Gasteiger partial charge is 0.295 e. The van der Waals surface area contributed by atoms with Crippen LogP contribution >= 0.6 is 34.8 Å². The van der Waals surface area contributed by atoms with Gasteiger partial charge in [-0.1, -0.05) is 23.2 Å². The zero-order valence-electron chi connectivity index (χ0n) is 10.6. The number of imidazole rings is 1. The molecule has 0 aliphatic rings. The van der Waals surface area contributed by atoms with Crippen molar-refractivity contribution < 1.29 is 0 Å². The Morgan fingerprint density at radius 1 is 1.00 bits per heavy atom. The summed E-state index contributed by atoms with van der Waals surface area (Å²) in [7, 11) is 0. The molecule has 20 heavy (non-hydrogen) atoms. The number of nitrogens with zero attached hydrogens (tertiary/aromatic N) is 2. The summed E-state index contributed by atoms with van der Waals surface area (Å²) in [6.45, 7) is 1.90. The summed E-state index contributed by atoms with van der Waals surface area (Å²) in [4.78, 5) is 4.59. The van der Waals surface area contributed by atoms with Crippen LogP contribution in [0.2, 0.25) is 10.0 Å². The Bertz CT molecular complexity index is 761. The first-order valence-electron chi connectivity index (χ1n) is 6.14. The molecule has 2 nitrogen and oxygen atoms in total. The topological polar surface area (TPSA) is 17.8 Å². The third-order valence-corrected chi connectivity index (χ3v) is 3.77. The average molecular weight is 326 g/mol. The minimum Gasteiger partial charge on any atom is -0.295 e. The van der Waals surface area contributed by atoms with Gasteiger partial charge in [-0.25, -0.2) is 4.98 Å². The van der Waals surface area contributed by atoms with Crippen molar-refractivity contribution in [2.24, 2.45) is 0 Å². The maximum Gasteiger partial charge on any atom is 0.132 e. The predicted molar refractivity (Wildman–Crippen MR) is 85.4 cm³/mol. The summed E-state index contributed by atoms with van der Waals surface area (Å²) in [6.07, 6.45) is 0. The van der Waals surface area contributed by atoms with E-state index in [9.17, 15) is 0 Å². The molecule has 0 aliphatic carbocycles. The van der Waals surface area contributed by atoms with Crippen LogP contribution in [0.25, 0.3) is 16.7 Å². The highest BCUT2D eigenvalue weighted by molar-refractivity contribution is 6.31. The van der Waals surface area contributed by atoms with Gasteiger partial charge in [0.15, 0.2) is 0 Å². The van der Waals surface area contributed by atoms with E-state index in [0.29, 0.717) is 10.0 Å². The molecule has 1 heterocycles. The number of aromatic nitrogens is 2. The molecule has 0 spiro atoms. The van der Waals surface area contributed by atoms with E-state index >= 15 is 0 Å². The lowest BCUT2D eigenvalue weighted by atomic mass is 10.2. The molecule has 102 valence electrons. The molecule has 1 aromatic heterocycles. The molecular formula is C15H11Cl3N2. The second-order valence-electron chi connectivity index (χ2n) is 4.53. The van der Waals surface area contributed by atoms with Crippen LogP contribution in [0.5, 0.6) is 0 Å². The molecule has 0 amide bonds. The summed E-state index contributed by atoms with van der Waals surface area (Å²) >= 11 is 18.2. The summed E-state index contributed by atoms with van der Waals surface area (Å²) in [5.41, 5.74) is 2.77. The minimum absolute atomic E-state index is 0.211. The number of rotatable bonds is 2. The number of hydrogen-bond acceptors (Lipinski definition) is 1. The van der Waals surface area contributed by atoms with E-state index in [0.717, 1.165) is 22.5 Å². The van der Waals surface area contributed by atoms with Crippen molar-refractivity contribution in [2.75, 3.05) is 0 Å². The molecule has 0 radical (unpaired) electrons. The highest BCUT2D eigenvalue weighted by Crippen LogP contribution is 2.29. The van der Waals surface area contributed by atoms with Crippen molar-refractivity contribution >= 4 is 45.8 Å². The van der Waals surface area contributed by atoms with Gasteiger partial charge in [0.05, 0.1) is 16.4 Å². The lowest BCUT2D eigenvalue weighted by molar-refractivity contribution is 0.882. The Morgan fingerprint density at radius 2 is 1.65 bits per heavy atom. The zero-order chi connectivity index (χ0) is 14.3. The summed E-state index contributed by atoms with van der Waals surface area (Å²) in [5, 5.41) is 1.14. The summed E-state index contributed by atoms with van der Waals surface area (Å²) < 4.78 is 2.03. The molecule has 0 N–H and O–H groups in total. The van der Waals surface area contributed by atoms with Crippen LogP contribution in [-0.4, -0.2) is 9.55 Å². The number of alkyl halides is 1. The Morgan fingerprint density at radius 3 is 2.30 bits per heavy atom. The van der Waals surface area contributed by atoms with Crippen LogP contribution < -0.4 is 0 Å². The van der Waals surface area contributed by atoms with Gasteiger partial charge < -0.3 is 0 Å². The van der Waals surface area contributed by atoms with Crippen LogP contribution in [0.1, 0.15) is 18.1 Å². The SMILES string of the molecule is CC(Cl)c1nc2cc(Cl)ccc2n1-c1ccc(Cl)cc1. The van der Waals surface area contributed by atoms with Gasteiger partial charge in [0.2, 0.25) is 0 Å². The average Bonchev–Trinajstić information content (AvgIpc) is 2.78. The first-order valence-corrected chi connectivity index (χ1v) is 7.33. The minimum atomic E-state index is -0.211. The molecule has 0 saturated carbocycles. The first kappa shape index (κ1) is 13.7. The smallest absolute Gasteiger partial charge is 0.132 e. The Labute approximate surface area is 131 Å². The van der Waals surface area contributed by atoms with E-state index in [1.54, 1.807) is 0 Å². The van der Waals surface area contributed by atoms with E-state index in [4.69, 9.17) is 34.8 Å². The van der Waals surface area contributed by atoms with E-state index in [1.165, 1.54) is 0 Å². The number of fused-ring (bicyclic) bond motifs is 1. The predicted octanol–water partition coefficient (Wildman–Crippen LogP) is 5.63. The second-order valence-corrected chi connectivity index (χ2v) is 6.06. The van der Waals surface area contributed by atoms with Crippen LogP contribution in [-0.2, 0) is 0 Å². The van der Waals surface area contributed by atoms with E-state index < -0.39 is 0 Å². The normalized spacial score (nSPS) is 12.8. The molecule has 1 atom stereocenters. The van der Waals surface area contributed by atoms with Crippen molar-refractivity contribution in [1.29, 1.82) is 0 Å². The lowest BCUT2D eigenvalue weighted by Crippen LogP contribution is -2.01. The molecule has 3 aromatic rings. The third-order valence-electron chi connectivity index (χ3n) is 3.08. The van der Waals surface area contributed by atoms with Gasteiger partial charge in [0.25, 0.3) is 0 Å². The van der Waals surface area contributed by atoms with Gasteiger partial charge in [-0.2, -0.15) is 0 Å². The van der Waals surface area contributed by atoms with Gasteiger partial charge in [0, 0.05) is 15.7 Å². The molecule has 3 rings (SSSR count). The fourth-order valence-corrected chi connectivity index (χ4v) is 2.64. The standard InChI is InChI=1S/C15H11Cl3N2/c1-9(16)15-19-13-8-11(18)4-7-14(13)20(15)12-5-2-10(17)3-6-12/h2-9H,1H3. The molecule has 5 heteroatoms. The highest BCUT2D eigenvalue weighted by Gasteiger charge is 2.16. The lowest BCUT2D eigenvalue weighted by Gasteiger charge is -2.10. The van der Waals surface area contributed by atoms with Crippen molar-refractivity contribution in [2.45, 2.75) is 12.3 Å². The van der Waals surface area contributed by atoms with Crippen LogP contribution in [0.3, 0.4) is 0 Å². The Hall–Kier alpha value is -1.22. The van der Waals surface area contributed by atoms with E-state index in [1.807, 2.05) is 54.0 Å². The van der Waals surface area contributed by atoms with Crippen LogP contribution in [0.4, 0.5) is 0 Å². The maximum atomic E-state index is 6.26. The van der Waals surface area contributed by atoms with Crippen molar-refractivity contribution in [3.8, 4) is 5.69 Å². The van der Waals surface area contributed by atoms with Gasteiger partial charge in [-0.05, 0) is 49.4 Å². The first-order chi connectivity index (χ1) is 9.56. The van der Waals surface area contributed by atoms with Crippen molar-refractivity contribution in [1.82, 2.24) is 9.55 Å². The van der Waals surface area contributed by atoms with E-state index in [2.05, 4.69) is 4.98 Å². The van der Waals surface area contributed by atoms with Gasteiger partial charge in [-0.3, -0.25) is 4.57 Å². The Kier molecular flexibility index (Phi) is 3.63. The quantitative estimate of drug-likeness (QED) is 0.558. The van der Waals surface area contributed by atoms with Gasteiger partial charge in [0.1, 0.15) is 5.82 Å². The van der Waals surface area contributed by atoms with E-state index in [-0.39, 0.29) is 5.38 Å². The fourth-order valence-electron chi connectivity index (χ4n) is 2.20. The maximum absolute atomic E-state index is 6.26. The summed E-state index contributed by atoms with van der Waals surface area (Å²) in [5.74, 6) is 0.784. The van der Waals surface area contributed by atoms with Crippen molar-refractivity contribution in [3.63, 3.8) is 0 Å². The Balaban J connectivity index is 2.31. The second kappa shape index (κ2) is 5.28. The zero-order valence-corrected chi connectivity index (χ0v) is 12.9. The van der Waals surface area contributed by atoms with Crippen molar-refractivity contribution in [3.05, 3.63) is 58.3 Å². The fraction of sp³-hybridized carbons (Fsp3) is 0.133. The molecule has 0 aliphatic heterocycles.